The number of primary amides is 1. The summed E-state index contributed by atoms with van der Waals surface area (Å²) in [4.78, 5) is 22.8. The van der Waals surface area contributed by atoms with Crippen molar-refractivity contribution in [2.75, 3.05) is 5.32 Å². The SMILES string of the molecule is NC(=O)c1cccc(NC(=O)CC2C=CCC2)c1. The molecule has 0 spiro atoms. The molecule has 0 heterocycles. The van der Waals surface area contributed by atoms with Crippen LogP contribution in [0.2, 0.25) is 0 Å². The third-order valence-electron chi connectivity index (χ3n) is 2.99. The van der Waals surface area contributed by atoms with Gasteiger partial charge in [-0.1, -0.05) is 18.2 Å². The van der Waals surface area contributed by atoms with Gasteiger partial charge in [0, 0.05) is 17.7 Å². The zero-order chi connectivity index (χ0) is 13.0. The number of carbonyl (C=O) groups excluding carboxylic acids is 2. The number of anilines is 1. The monoisotopic (exact) mass is 244 g/mol. The molecule has 1 unspecified atom stereocenters. The molecule has 0 aliphatic heterocycles. The molecule has 0 saturated carbocycles. The largest absolute Gasteiger partial charge is 0.366 e. The minimum Gasteiger partial charge on any atom is -0.366 e. The molecule has 0 radical (unpaired) electrons. The highest BCUT2D eigenvalue weighted by molar-refractivity contribution is 5.96. The number of amides is 2. The first kappa shape index (κ1) is 12.4. The van der Waals surface area contributed by atoms with Crippen molar-refractivity contribution in [2.24, 2.45) is 11.7 Å². The number of rotatable bonds is 4. The predicted octanol–water partition coefficient (Wildman–Crippen LogP) is 2.08. The minimum atomic E-state index is -0.496. The molecule has 94 valence electrons. The summed E-state index contributed by atoms with van der Waals surface area (Å²) in [5.74, 6) is -0.192. The van der Waals surface area contributed by atoms with E-state index in [9.17, 15) is 9.59 Å². The van der Waals surface area contributed by atoms with Gasteiger partial charge in [-0.15, -0.1) is 0 Å². The molecule has 0 aromatic heterocycles. The van der Waals surface area contributed by atoms with Crippen LogP contribution in [0, 0.1) is 5.92 Å². The second kappa shape index (κ2) is 5.49. The van der Waals surface area contributed by atoms with E-state index < -0.39 is 5.91 Å². The maximum absolute atomic E-state index is 11.8. The highest BCUT2D eigenvalue weighted by atomic mass is 16.2. The van der Waals surface area contributed by atoms with Crippen molar-refractivity contribution in [1.82, 2.24) is 0 Å². The fourth-order valence-electron chi connectivity index (χ4n) is 2.07. The molecule has 1 aliphatic rings. The van der Waals surface area contributed by atoms with Crippen LogP contribution in [-0.2, 0) is 4.79 Å². The number of benzene rings is 1. The van der Waals surface area contributed by atoms with E-state index in [0.29, 0.717) is 23.6 Å². The van der Waals surface area contributed by atoms with Gasteiger partial charge in [-0.3, -0.25) is 9.59 Å². The van der Waals surface area contributed by atoms with Crippen LogP contribution in [0.4, 0.5) is 5.69 Å². The smallest absolute Gasteiger partial charge is 0.248 e. The molecule has 1 atom stereocenters. The van der Waals surface area contributed by atoms with Crippen LogP contribution in [0.15, 0.2) is 36.4 Å². The fourth-order valence-corrected chi connectivity index (χ4v) is 2.07. The van der Waals surface area contributed by atoms with Crippen molar-refractivity contribution in [3.05, 3.63) is 42.0 Å². The molecule has 1 aromatic rings. The lowest BCUT2D eigenvalue weighted by Gasteiger charge is -2.09. The lowest BCUT2D eigenvalue weighted by molar-refractivity contribution is -0.116. The lowest BCUT2D eigenvalue weighted by Crippen LogP contribution is -2.16. The number of carbonyl (C=O) groups is 2. The molecule has 1 aliphatic carbocycles. The van der Waals surface area contributed by atoms with Crippen molar-refractivity contribution in [3.8, 4) is 0 Å². The van der Waals surface area contributed by atoms with Gasteiger partial charge in [-0.05, 0) is 37.0 Å². The van der Waals surface area contributed by atoms with E-state index in [0.717, 1.165) is 12.8 Å². The van der Waals surface area contributed by atoms with Crippen molar-refractivity contribution in [2.45, 2.75) is 19.3 Å². The Hall–Kier alpha value is -2.10. The normalized spacial score (nSPS) is 17.7. The van der Waals surface area contributed by atoms with Gasteiger partial charge < -0.3 is 11.1 Å². The Labute approximate surface area is 106 Å². The molecule has 0 fully saturated rings. The van der Waals surface area contributed by atoms with Gasteiger partial charge in [0.25, 0.3) is 0 Å². The Morgan fingerprint density at radius 3 is 2.89 bits per heavy atom. The van der Waals surface area contributed by atoms with Crippen molar-refractivity contribution in [1.29, 1.82) is 0 Å². The zero-order valence-corrected chi connectivity index (χ0v) is 10.1. The molecule has 2 rings (SSSR count). The first-order valence-corrected chi connectivity index (χ1v) is 6.01. The summed E-state index contributed by atoms with van der Waals surface area (Å²) in [5, 5.41) is 2.78. The Bertz CT molecular complexity index is 494. The van der Waals surface area contributed by atoms with E-state index in [1.807, 2.05) is 0 Å². The third-order valence-corrected chi connectivity index (χ3v) is 2.99. The van der Waals surface area contributed by atoms with Crippen LogP contribution in [0.3, 0.4) is 0 Å². The quantitative estimate of drug-likeness (QED) is 0.796. The topological polar surface area (TPSA) is 72.2 Å². The maximum Gasteiger partial charge on any atom is 0.248 e. The summed E-state index contributed by atoms with van der Waals surface area (Å²) in [6.45, 7) is 0. The highest BCUT2D eigenvalue weighted by Crippen LogP contribution is 2.21. The average Bonchev–Trinajstić information content (AvgIpc) is 2.82. The summed E-state index contributed by atoms with van der Waals surface area (Å²) in [7, 11) is 0. The van der Waals surface area contributed by atoms with E-state index in [-0.39, 0.29) is 5.91 Å². The van der Waals surface area contributed by atoms with Crippen LogP contribution < -0.4 is 11.1 Å². The van der Waals surface area contributed by atoms with Crippen LogP contribution in [0.1, 0.15) is 29.6 Å². The molecular weight excluding hydrogens is 228 g/mol. The molecule has 1 aromatic carbocycles. The van der Waals surface area contributed by atoms with Crippen molar-refractivity contribution >= 4 is 17.5 Å². The van der Waals surface area contributed by atoms with E-state index in [4.69, 9.17) is 5.73 Å². The number of hydrogen-bond acceptors (Lipinski definition) is 2. The van der Waals surface area contributed by atoms with E-state index in [2.05, 4.69) is 17.5 Å². The van der Waals surface area contributed by atoms with E-state index >= 15 is 0 Å². The first-order valence-electron chi connectivity index (χ1n) is 6.01. The molecular formula is C14H16N2O2. The Morgan fingerprint density at radius 2 is 2.22 bits per heavy atom. The van der Waals surface area contributed by atoms with Gasteiger partial charge in [-0.25, -0.2) is 0 Å². The zero-order valence-electron chi connectivity index (χ0n) is 10.1. The van der Waals surface area contributed by atoms with Crippen molar-refractivity contribution < 1.29 is 9.59 Å². The molecule has 3 N–H and O–H groups in total. The molecule has 2 amide bonds. The summed E-state index contributed by atoms with van der Waals surface area (Å²) >= 11 is 0. The van der Waals surface area contributed by atoms with Gasteiger partial charge in [0.05, 0.1) is 0 Å². The predicted molar refractivity (Wildman–Crippen MR) is 70.1 cm³/mol. The van der Waals surface area contributed by atoms with Gasteiger partial charge in [0.2, 0.25) is 11.8 Å². The molecule has 0 bridgehead atoms. The second-order valence-electron chi connectivity index (χ2n) is 4.46. The van der Waals surface area contributed by atoms with Crippen LogP contribution in [0.5, 0.6) is 0 Å². The summed E-state index contributed by atoms with van der Waals surface area (Å²) in [6, 6.07) is 6.66. The summed E-state index contributed by atoms with van der Waals surface area (Å²) < 4.78 is 0. The Balaban J connectivity index is 1.95. The first-order chi connectivity index (χ1) is 8.65. The van der Waals surface area contributed by atoms with Crippen molar-refractivity contribution in [3.63, 3.8) is 0 Å². The third kappa shape index (κ3) is 3.20. The molecule has 18 heavy (non-hydrogen) atoms. The van der Waals surface area contributed by atoms with Gasteiger partial charge in [0.1, 0.15) is 0 Å². The lowest BCUT2D eigenvalue weighted by atomic mass is 10.0. The highest BCUT2D eigenvalue weighted by Gasteiger charge is 2.14. The molecule has 0 saturated heterocycles. The second-order valence-corrected chi connectivity index (χ2v) is 4.46. The summed E-state index contributed by atoms with van der Waals surface area (Å²) in [6.07, 6.45) is 6.76. The molecule has 4 heteroatoms. The fraction of sp³-hybridized carbons (Fsp3) is 0.286. The van der Waals surface area contributed by atoms with Gasteiger partial charge in [-0.2, -0.15) is 0 Å². The number of hydrogen-bond donors (Lipinski definition) is 2. The Kier molecular flexibility index (Phi) is 3.77. The van der Waals surface area contributed by atoms with E-state index in [1.54, 1.807) is 24.3 Å². The number of nitrogens with two attached hydrogens (primary N) is 1. The minimum absolute atomic E-state index is 0.0341. The number of nitrogens with one attached hydrogen (secondary N) is 1. The standard InChI is InChI=1S/C14H16N2O2/c15-14(18)11-6-3-7-12(9-11)16-13(17)8-10-4-1-2-5-10/h1,3-4,6-7,9-10H,2,5,8H2,(H2,15,18)(H,16,17). The maximum atomic E-state index is 11.8. The summed E-state index contributed by atoms with van der Waals surface area (Å²) in [5.41, 5.74) is 6.19. The Morgan fingerprint density at radius 1 is 1.39 bits per heavy atom. The van der Waals surface area contributed by atoms with Crippen LogP contribution >= 0.6 is 0 Å². The van der Waals surface area contributed by atoms with Crippen LogP contribution in [0.25, 0.3) is 0 Å². The van der Waals surface area contributed by atoms with Gasteiger partial charge in [0.15, 0.2) is 0 Å². The van der Waals surface area contributed by atoms with Crippen LogP contribution in [-0.4, -0.2) is 11.8 Å². The average molecular weight is 244 g/mol. The van der Waals surface area contributed by atoms with Gasteiger partial charge >= 0.3 is 0 Å². The molecule has 4 nitrogen and oxygen atoms in total. The number of allylic oxidation sites excluding steroid dienone is 2. The van der Waals surface area contributed by atoms with E-state index in [1.165, 1.54) is 0 Å².